The highest BCUT2D eigenvalue weighted by Gasteiger charge is 2.40. The fourth-order valence-corrected chi connectivity index (χ4v) is 4.00. The van der Waals surface area contributed by atoms with Crippen molar-refractivity contribution in [1.29, 1.82) is 0 Å². The van der Waals surface area contributed by atoms with Crippen molar-refractivity contribution in [1.82, 2.24) is 15.1 Å². The molecule has 4 nitrogen and oxygen atoms in total. The minimum Gasteiger partial charge on any atom is -0.370 e. The summed E-state index contributed by atoms with van der Waals surface area (Å²) in [6, 6.07) is 0. The second kappa shape index (κ2) is 6.49. The van der Waals surface area contributed by atoms with E-state index < -0.39 is 0 Å². The van der Waals surface area contributed by atoms with E-state index >= 15 is 0 Å². The Hall–Kier alpha value is -0.870. The second-order valence-electron chi connectivity index (χ2n) is 6.78. The zero-order chi connectivity index (χ0) is 14.7. The topological polar surface area (TPSA) is 39.1 Å². The van der Waals surface area contributed by atoms with Crippen LogP contribution in [-0.4, -0.2) is 28.0 Å². The molecule has 0 aromatic carbocycles. The molecule has 0 radical (unpaired) electrons. The molecule has 2 fully saturated rings. The van der Waals surface area contributed by atoms with Gasteiger partial charge >= 0.3 is 0 Å². The van der Waals surface area contributed by atoms with Crippen LogP contribution in [0.4, 0.5) is 0 Å². The van der Waals surface area contributed by atoms with Crippen molar-refractivity contribution in [3.8, 4) is 0 Å². The quantitative estimate of drug-likeness (QED) is 0.906. The van der Waals surface area contributed by atoms with Crippen LogP contribution in [0.25, 0.3) is 0 Å². The summed E-state index contributed by atoms with van der Waals surface area (Å²) in [7, 11) is 2.00. The SMILES string of the molecule is CCc1nn(C)cc1CNCC1CCC2(CCCCC2)O1. The van der Waals surface area contributed by atoms with Gasteiger partial charge in [0.05, 0.1) is 17.4 Å². The molecule has 118 valence electrons. The number of rotatable bonds is 5. The first-order valence-electron chi connectivity index (χ1n) is 8.61. The Balaban J connectivity index is 1.46. The highest BCUT2D eigenvalue weighted by molar-refractivity contribution is 5.16. The van der Waals surface area contributed by atoms with E-state index in [0.29, 0.717) is 6.10 Å². The van der Waals surface area contributed by atoms with Gasteiger partial charge in [-0.15, -0.1) is 0 Å². The van der Waals surface area contributed by atoms with E-state index in [4.69, 9.17) is 4.74 Å². The van der Waals surface area contributed by atoms with Crippen molar-refractivity contribution in [2.24, 2.45) is 7.05 Å². The molecule has 1 unspecified atom stereocenters. The molecule has 1 aromatic rings. The maximum atomic E-state index is 6.41. The minimum absolute atomic E-state index is 0.244. The largest absolute Gasteiger partial charge is 0.370 e. The number of hydrogen-bond donors (Lipinski definition) is 1. The Bertz CT molecular complexity index is 463. The van der Waals surface area contributed by atoms with Gasteiger partial charge in [-0.1, -0.05) is 26.2 Å². The first-order chi connectivity index (χ1) is 10.2. The Morgan fingerprint density at radius 1 is 1.33 bits per heavy atom. The van der Waals surface area contributed by atoms with Gasteiger partial charge < -0.3 is 10.1 Å². The highest BCUT2D eigenvalue weighted by atomic mass is 16.5. The predicted molar refractivity (Wildman–Crippen MR) is 84.2 cm³/mol. The van der Waals surface area contributed by atoms with Gasteiger partial charge in [0.25, 0.3) is 0 Å². The molecule has 2 heterocycles. The van der Waals surface area contributed by atoms with Gasteiger partial charge in [-0.25, -0.2) is 0 Å². The monoisotopic (exact) mass is 291 g/mol. The van der Waals surface area contributed by atoms with Crippen LogP contribution in [-0.2, 0) is 24.8 Å². The molecular formula is C17H29N3O. The lowest BCUT2D eigenvalue weighted by molar-refractivity contribution is -0.0624. The van der Waals surface area contributed by atoms with Gasteiger partial charge in [-0.2, -0.15) is 5.10 Å². The Morgan fingerprint density at radius 2 is 2.14 bits per heavy atom. The third-order valence-corrected chi connectivity index (χ3v) is 5.12. The van der Waals surface area contributed by atoms with Crippen LogP contribution < -0.4 is 5.32 Å². The number of aryl methyl sites for hydroxylation is 2. The van der Waals surface area contributed by atoms with Gasteiger partial charge in [-0.3, -0.25) is 4.68 Å². The van der Waals surface area contributed by atoms with Crippen molar-refractivity contribution in [3.63, 3.8) is 0 Å². The molecule has 1 aliphatic heterocycles. The maximum Gasteiger partial charge on any atom is 0.0708 e. The maximum absolute atomic E-state index is 6.41. The standard InChI is InChI=1S/C17H29N3O/c1-3-16-14(13-20(2)19-16)11-18-12-15-7-10-17(21-15)8-5-4-6-9-17/h13,15,18H,3-12H2,1-2H3. The molecule has 1 saturated carbocycles. The summed E-state index contributed by atoms with van der Waals surface area (Å²) in [5, 5.41) is 8.07. The molecule has 1 spiro atoms. The minimum atomic E-state index is 0.244. The highest BCUT2D eigenvalue weighted by Crippen LogP contribution is 2.41. The fraction of sp³-hybridized carbons (Fsp3) is 0.824. The molecule has 1 atom stereocenters. The van der Waals surface area contributed by atoms with Crippen LogP contribution in [0.15, 0.2) is 6.20 Å². The van der Waals surface area contributed by atoms with Crippen LogP contribution in [0.5, 0.6) is 0 Å². The Morgan fingerprint density at radius 3 is 2.90 bits per heavy atom. The molecular weight excluding hydrogens is 262 g/mol. The number of hydrogen-bond acceptors (Lipinski definition) is 3. The smallest absolute Gasteiger partial charge is 0.0708 e. The van der Waals surface area contributed by atoms with Crippen molar-refractivity contribution < 1.29 is 4.74 Å². The third-order valence-electron chi connectivity index (χ3n) is 5.12. The Kier molecular flexibility index (Phi) is 4.65. The fourth-order valence-electron chi connectivity index (χ4n) is 4.00. The molecule has 1 aromatic heterocycles. The summed E-state index contributed by atoms with van der Waals surface area (Å²) in [6.07, 6.45) is 12.7. The van der Waals surface area contributed by atoms with Crippen LogP contribution in [0.1, 0.15) is 63.1 Å². The predicted octanol–water partition coefficient (Wildman–Crippen LogP) is 2.95. The molecule has 3 rings (SSSR count). The van der Waals surface area contributed by atoms with E-state index in [1.54, 1.807) is 0 Å². The third kappa shape index (κ3) is 3.49. The van der Waals surface area contributed by atoms with Crippen molar-refractivity contribution in [2.75, 3.05) is 6.54 Å². The van der Waals surface area contributed by atoms with E-state index in [9.17, 15) is 0 Å². The zero-order valence-electron chi connectivity index (χ0n) is 13.5. The average Bonchev–Trinajstić information content (AvgIpc) is 3.04. The van der Waals surface area contributed by atoms with Crippen molar-refractivity contribution in [3.05, 3.63) is 17.5 Å². The van der Waals surface area contributed by atoms with Crippen LogP contribution in [0, 0.1) is 0 Å². The first kappa shape index (κ1) is 15.0. The average molecular weight is 291 g/mol. The molecule has 2 aliphatic rings. The summed E-state index contributed by atoms with van der Waals surface area (Å²) in [6.45, 7) is 4.04. The lowest BCUT2D eigenvalue weighted by atomic mass is 9.83. The molecule has 21 heavy (non-hydrogen) atoms. The normalized spacial score (nSPS) is 24.8. The zero-order valence-corrected chi connectivity index (χ0v) is 13.5. The Labute approximate surface area is 128 Å². The van der Waals surface area contributed by atoms with E-state index in [2.05, 4.69) is 23.5 Å². The molecule has 1 N–H and O–H groups in total. The molecule has 4 heteroatoms. The van der Waals surface area contributed by atoms with Crippen LogP contribution in [0.2, 0.25) is 0 Å². The van der Waals surface area contributed by atoms with Crippen LogP contribution >= 0.6 is 0 Å². The van der Waals surface area contributed by atoms with E-state index in [1.807, 2.05) is 11.7 Å². The summed E-state index contributed by atoms with van der Waals surface area (Å²) in [4.78, 5) is 0. The van der Waals surface area contributed by atoms with Gasteiger partial charge in [0.2, 0.25) is 0 Å². The lowest BCUT2D eigenvalue weighted by Gasteiger charge is -2.33. The number of nitrogens with zero attached hydrogens (tertiary/aromatic N) is 2. The number of aromatic nitrogens is 2. The van der Waals surface area contributed by atoms with E-state index in [-0.39, 0.29) is 5.60 Å². The number of ether oxygens (including phenoxy) is 1. The van der Waals surface area contributed by atoms with E-state index in [0.717, 1.165) is 19.5 Å². The van der Waals surface area contributed by atoms with Crippen molar-refractivity contribution >= 4 is 0 Å². The van der Waals surface area contributed by atoms with Crippen molar-refractivity contribution in [2.45, 2.75) is 76.5 Å². The molecule has 0 amide bonds. The molecule has 1 saturated heterocycles. The number of nitrogens with one attached hydrogen (secondary N) is 1. The summed E-state index contributed by atoms with van der Waals surface area (Å²) in [5.41, 5.74) is 2.78. The summed E-state index contributed by atoms with van der Waals surface area (Å²) >= 11 is 0. The van der Waals surface area contributed by atoms with E-state index in [1.165, 1.54) is 56.2 Å². The second-order valence-corrected chi connectivity index (χ2v) is 6.78. The molecule has 0 bridgehead atoms. The lowest BCUT2D eigenvalue weighted by Crippen LogP contribution is -2.34. The summed E-state index contributed by atoms with van der Waals surface area (Å²) < 4.78 is 8.32. The van der Waals surface area contributed by atoms with Gasteiger partial charge in [0, 0.05) is 31.9 Å². The van der Waals surface area contributed by atoms with Crippen LogP contribution in [0.3, 0.4) is 0 Å². The van der Waals surface area contributed by atoms with Gasteiger partial charge in [0.15, 0.2) is 0 Å². The van der Waals surface area contributed by atoms with Gasteiger partial charge in [0.1, 0.15) is 0 Å². The van der Waals surface area contributed by atoms with Gasteiger partial charge in [-0.05, 0) is 32.1 Å². The first-order valence-corrected chi connectivity index (χ1v) is 8.61. The summed E-state index contributed by atoms with van der Waals surface area (Å²) in [5.74, 6) is 0. The molecule has 1 aliphatic carbocycles.